The molecule has 0 N–H and O–H groups in total. The van der Waals surface area contributed by atoms with Crippen LogP contribution >= 0.6 is 0 Å². The molecule has 0 fully saturated rings. The van der Waals surface area contributed by atoms with Crippen LogP contribution in [-0.4, -0.2) is 220 Å². The van der Waals surface area contributed by atoms with Crippen molar-refractivity contribution in [3.05, 3.63) is 0 Å². The molecule has 29 heteroatoms. The van der Waals surface area contributed by atoms with E-state index >= 15 is 0 Å². The van der Waals surface area contributed by atoms with Gasteiger partial charge in [0.1, 0.15) is 231 Å². The van der Waals surface area contributed by atoms with Gasteiger partial charge in [0.05, 0.1) is 0 Å². The Morgan fingerprint density at radius 1 is 0.120 bits per heavy atom. The first-order valence-electron chi connectivity index (χ1n) is 22.0. The summed E-state index contributed by atoms with van der Waals surface area (Å²) in [7, 11) is 190. The van der Waals surface area contributed by atoms with E-state index in [1.54, 1.807) is 0 Å². The lowest BCUT2D eigenvalue weighted by Crippen LogP contribution is -2.56. The Hall–Kier alpha value is -4.36. The molecule has 0 aliphatic carbocycles. The number of furan rings is 1. The van der Waals surface area contributed by atoms with Crippen molar-refractivity contribution in [2.45, 2.75) is 0 Å². The van der Waals surface area contributed by atoms with Gasteiger partial charge in [-0.1, -0.05) is 104 Å². The van der Waals surface area contributed by atoms with Crippen LogP contribution in [0.1, 0.15) is 0 Å². The Morgan fingerprint density at radius 2 is 0.307 bits per heavy atom. The van der Waals surface area contributed by atoms with Gasteiger partial charge in [-0.3, -0.25) is 0 Å². The van der Waals surface area contributed by atoms with Crippen molar-refractivity contribution in [1.82, 2.24) is 0 Å². The van der Waals surface area contributed by atoms with E-state index in [4.69, 9.17) is 224 Å². The smallest absolute Gasteiger partial charge is 0.128 e. The number of fused-ring (bicyclic) bond motifs is 8. The molecule has 9 aromatic carbocycles. The van der Waals surface area contributed by atoms with Gasteiger partial charge in [0.25, 0.3) is 0 Å². The molecule has 0 saturated heterocycles. The maximum atomic E-state index is 7.40. The van der Waals surface area contributed by atoms with E-state index in [-0.39, 0.29) is 251 Å². The van der Waals surface area contributed by atoms with Gasteiger partial charge in [-0.15, -0.1) is 49.2 Å². The van der Waals surface area contributed by atoms with Crippen molar-refractivity contribution >= 4 is 438 Å². The van der Waals surface area contributed by atoms with E-state index in [9.17, 15) is 0 Å². The first kappa shape index (κ1) is 54.0. The zero-order valence-electron chi connectivity index (χ0n) is 39.6. The third-order valence-corrected chi connectivity index (χ3v) is 14.7. The van der Waals surface area contributed by atoms with Crippen LogP contribution in [0.25, 0.3) is 98.4 Å². The second-order valence-electron chi connectivity index (χ2n) is 18.3. The molecular formula is C46B28O. The zero-order chi connectivity index (χ0) is 55.3. The fourth-order valence-electron chi connectivity index (χ4n) is 10.7. The first-order chi connectivity index (χ1) is 35.0. The van der Waals surface area contributed by atoms with Crippen molar-refractivity contribution in [2.75, 3.05) is 0 Å². The molecule has 75 heavy (non-hydrogen) atoms. The van der Waals surface area contributed by atoms with Gasteiger partial charge in [0.15, 0.2) is 0 Å². The van der Waals surface area contributed by atoms with Crippen LogP contribution in [0.5, 0.6) is 0 Å². The normalized spacial score (nSPS) is 11.9. The Bertz CT molecular complexity index is 4330. The topological polar surface area (TPSA) is 13.1 Å². The third-order valence-electron chi connectivity index (χ3n) is 14.7. The van der Waals surface area contributed by atoms with Crippen molar-refractivity contribution in [2.24, 2.45) is 0 Å². The highest BCUT2D eigenvalue weighted by atomic mass is 16.3. The Labute approximate surface area is 472 Å². The number of hydrogen-bond donors (Lipinski definition) is 0. The molecule has 274 valence electrons. The van der Waals surface area contributed by atoms with E-state index in [1.807, 2.05) is 0 Å². The third kappa shape index (κ3) is 6.85. The summed E-state index contributed by atoms with van der Waals surface area (Å²) in [6.45, 7) is 0. The van der Waals surface area contributed by atoms with Gasteiger partial charge in [-0.25, -0.2) is 0 Å². The largest absolute Gasteiger partial charge is 0.457 e. The van der Waals surface area contributed by atoms with E-state index in [0.29, 0.717) is 0 Å². The molecular weight excluding hydrogens is 871 g/mol. The van der Waals surface area contributed by atoms with Crippen molar-refractivity contribution in [1.29, 1.82) is 0 Å². The summed E-state index contributed by atoms with van der Waals surface area (Å²) in [5, 5.41) is 0.407. The highest BCUT2D eigenvalue weighted by Crippen LogP contribution is 2.40. The summed E-state index contributed by atoms with van der Waals surface area (Å²) in [4.78, 5) is 0. The van der Waals surface area contributed by atoms with Crippen LogP contribution in [0, 0.1) is 0 Å². The summed E-state index contributed by atoms with van der Waals surface area (Å²) in [5.74, 6) is 0. The van der Waals surface area contributed by atoms with Gasteiger partial charge in [0, 0.05) is 10.8 Å². The minimum absolute atomic E-state index is 0.000599. The minimum atomic E-state index is -0.244. The summed E-state index contributed by atoms with van der Waals surface area (Å²) >= 11 is 0. The summed E-state index contributed by atoms with van der Waals surface area (Å²) in [5.41, 5.74) is -4.52. The highest BCUT2D eigenvalue weighted by Gasteiger charge is 2.31. The van der Waals surface area contributed by atoms with Crippen LogP contribution < -0.4 is 153 Å². The van der Waals surface area contributed by atoms with Crippen LogP contribution in [-0.2, 0) is 0 Å². The highest BCUT2D eigenvalue weighted by molar-refractivity contribution is 6.78. The maximum Gasteiger partial charge on any atom is 0.128 e. The number of hydrogen-bond acceptors (Lipinski definition) is 1. The average molecular weight is 871 g/mol. The van der Waals surface area contributed by atoms with Crippen molar-refractivity contribution < 1.29 is 4.42 Å². The molecule has 0 saturated carbocycles. The van der Waals surface area contributed by atoms with Crippen molar-refractivity contribution in [3.63, 3.8) is 0 Å². The lowest BCUT2D eigenvalue weighted by atomic mass is 9.55. The minimum Gasteiger partial charge on any atom is -0.457 e. The van der Waals surface area contributed by atoms with Gasteiger partial charge in [-0.05, 0) is 76.5 Å². The molecule has 0 bridgehead atoms. The molecule has 1 nitrogen and oxygen atoms in total. The lowest BCUT2D eigenvalue weighted by Gasteiger charge is -2.33. The zero-order valence-corrected chi connectivity index (χ0v) is 39.6. The van der Waals surface area contributed by atoms with E-state index in [2.05, 4.69) is 0 Å². The number of rotatable bonds is 3. The standard InChI is InChI=1S/C46B28O/c47-17-9(25(55)26(56)13-12(17)27(57)28(58)14(18(13)48)15-30(60)40(70)42(72)41(71)31(15)61)1-3-5(22(52)36(66)34(64)20(3)50)2(6-4(1)21(51)35(65)37(67)23(6)53)10-19(49)16-8-7-11(29(59)39(69)38(68)24(7)54)33(63)43(73)45(8)75-46(16)44(74)32(10)62. The molecule has 0 aliphatic heterocycles. The van der Waals surface area contributed by atoms with E-state index < -0.39 is 0 Å². The molecule has 0 amide bonds. The van der Waals surface area contributed by atoms with E-state index in [0.717, 1.165) is 0 Å². The molecule has 56 radical (unpaired) electrons. The SMILES string of the molecule is [B]c1c([B])c([B])c(-c2c([B])c([B])c3c([B])c(-c4c5c([B])c([B])c([B])c([B])c5c(-c5c([B])c([B])c6oc7c([B])c([B])c8c([B])c([B])c([B])c([B])c8c7c6c5[B])c5c([B])c([B])c([B])c([B])c45)c([B])c([B])c3c2[B])c([B])c1[B]. The second kappa shape index (κ2) is 18.1. The maximum absolute atomic E-state index is 7.40. The lowest BCUT2D eigenvalue weighted by molar-refractivity contribution is 0.675. The van der Waals surface area contributed by atoms with Crippen LogP contribution in [0.15, 0.2) is 4.42 Å². The fraction of sp³-hybridized carbons (Fsp3) is 0. The van der Waals surface area contributed by atoms with Gasteiger partial charge in [-0.2, -0.15) is 0 Å². The Morgan fingerprint density at radius 3 is 0.680 bits per heavy atom. The summed E-state index contributed by atoms with van der Waals surface area (Å²) < 4.78 is 6.37. The Kier molecular flexibility index (Phi) is 13.0. The number of benzene rings is 9. The van der Waals surface area contributed by atoms with Crippen molar-refractivity contribution in [3.8, 4) is 33.4 Å². The molecule has 10 rings (SSSR count). The predicted octanol–water partition coefficient (Wildman–Crippen LogP) is -20.6. The second-order valence-corrected chi connectivity index (χ2v) is 18.3. The quantitative estimate of drug-likeness (QED) is 0.127. The predicted molar refractivity (Wildman–Crippen MR) is 351 cm³/mol. The van der Waals surface area contributed by atoms with Gasteiger partial charge < -0.3 is 4.42 Å². The molecule has 0 unspecified atom stereocenters. The van der Waals surface area contributed by atoms with Crippen LogP contribution in [0.3, 0.4) is 0 Å². The fourth-order valence-corrected chi connectivity index (χ4v) is 10.7. The van der Waals surface area contributed by atoms with Crippen LogP contribution in [0.4, 0.5) is 0 Å². The summed E-state index contributed by atoms with van der Waals surface area (Å²) in [6.07, 6.45) is 0. The average Bonchev–Trinajstić information content (AvgIpc) is 3.78. The molecule has 0 atom stereocenters. The monoisotopic (exact) mass is 876 g/mol. The van der Waals surface area contributed by atoms with E-state index in [1.165, 1.54) is 0 Å². The molecule has 1 heterocycles. The van der Waals surface area contributed by atoms with Crippen LogP contribution in [0.2, 0.25) is 0 Å². The molecule has 0 aliphatic rings. The molecule has 0 spiro atoms. The van der Waals surface area contributed by atoms with Gasteiger partial charge >= 0.3 is 0 Å². The molecule has 1 aromatic heterocycles. The van der Waals surface area contributed by atoms with Gasteiger partial charge in [0.2, 0.25) is 0 Å². The Balaban J connectivity index is 1.47. The molecule has 10 aromatic rings. The summed E-state index contributed by atoms with van der Waals surface area (Å²) in [6, 6.07) is 0. The first-order valence-corrected chi connectivity index (χ1v) is 22.0.